The van der Waals surface area contributed by atoms with Crippen LogP contribution in [-0.2, 0) is 0 Å². The third-order valence-electron chi connectivity index (χ3n) is 5.13. The molecule has 3 aromatic rings. The summed E-state index contributed by atoms with van der Waals surface area (Å²) in [6, 6.07) is 18.1. The van der Waals surface area contributed by atoms with Crippen LogP contribution in [0.3, 0.4) is 0 Å². The summed E-state index contributed by atoms with van der Waals surface area (Å²) in [7, 11) is 0. The van der Waals surface area contributed by atoms with Crippen molar-refractivity contribution in [2.24, 2.45) is 0 Å². The van der Waals surface area contributed by atoms with Gasteiger partial charge in [0.2, 0.25) is 5.13 Å². The van der Waals surface area contributed by atoms with Gasteiger partial charge in [0.1, 0.15) is 0 Å². The number of nitrogens with zero attached hydrogens (tertiary/aromatic N) is 2. The van der Waals surface area contributed by atoms with E-state index in [1.807, 2.05) is 53.9 Å². The van der Waals surface area contributed by atoms with E-state index >= 15 is 0 Å². The Hall–Kier alpha value is -3.39. The standard InChI is InChI=1S/C23H25N5O2S/c29-21(24-18-12-6-2-7-13-18)27-28(22(30)25-19-14-8-3-9-15-19)23-26-20(16-31-23)17-10-4-1-5-11-17/h1,3-5,8-11,14-16,18H,2,6-7,12-13H2,(H,25,30)(H2,24,27,29). The van der Waals surface area contributed by atoms with Crippen LogP contribution < -0.4 is 21.1 Å². The van der Waals surface area contributed by atoms with Crippen LogP contribution in [0, 0.1) is 0 Å². The molecule has 0 radical (unpaired) electrons. The van der Waals surface area contributed by atoms with E-state index in [2.05, 4.69) is 21.0 Å². The summed E-state index contributed by atoms with van der Waals surface area (Å²) < 4.78 is 0. The lowest BCUT2D eigenvalue weighted by molar-refractivity contribution is 0.228. The number of urea groups is 2. The van der Waals surface area contributed by atoms with Gasteiger partial charge in [-0.1, -0.05) is 67.8 Å². The van der Waals surface area contributed by atoms with E-state index in [0.29, 0.717) is 10.8 Å². The van der Waals surface area contributed by atoms with Crippen LogP contribution in [0.15, 0.2) is 66.0 Å². The molecule has 0 bridgehead atoms. The van der Waals surface area contributed by atoms with Crippen LogP contribution in [0.5, 0.6) is 0 Å². The summed E-state index contributed by atoms with van der Waals surface area (Å²) in [4.78, 5) is 30.3. The second-order valence-electron chi connectivity index (χ2n) is 7.43. The minimum atomic E-state index is -0.487. The molecule has 1 fully saturated rings. The number of thiazole rings is 1. The number of para-hydroxylation sites is 1. The normalized spacial score (nSPS) is 13.9. The summed E-state index contributed by atoms with van der Waals surface area (Å²) in [5.41, 5.74) is 5.00. The van der Waals surface area contributed by atoms with E-state index in [1.165, 1.54) is 22.8 Å². The summed E-state index contributed by atoms with van der Waals surface area (Å²) >= 11 is 1.29. The molecule has 0 spiro atoms. The summed E-state index contributed by atoms with van der Waals surface area (Å²) in [6.45, 7) is 0. The van der Waals surface area contributed by atoms with E-state index in [0.717, 1.165) is 36.9 Å². The molecule has 1 aromatic heterocycles. The Balaban J connectivity index is 1.52. The molecule has 31 heavy (non-hydrogen) atoms. The van der Waals surface area contributed by atoms with E-state index in [-0.39, 0.29) is 6.04 Å². The van der Waals surface area contributed by atoms with Crippen LogP contribution in [0.1, 0.15) is 32.1 Å². The fourth-order valence-corrected chi connectivity index (χ4v) is 4.35. The van der Waals surface area contributed by atoms with Crippen LogP contribution in [0.25, 0.3) is 11.3 Å². The third-order valence-corrected chi connectivity index (χ3v) is 5.96. The van der Waals surface area contributed by atoms with Crippen molar-refractivity contribution >= 4 is 34.2 Å². The maximum atomic E-state index is 13.0. The fourth-order valence-electron chi connectivity index (χ4n) is 3.56. The molecule has 7 nitrogen and oxygen atoms in total. The molecule has 8 heteroatoms. The number of carbonyl (C=O) groups is 2. The van der Waals surface area contributed by atoms with E-state index < -0.39 is 12.1 Å². The first kappa shape index (κ1) is 20.9. The zero-order chi connectivity index (χ0) is 21.5. The van der Waals surface area contributed by atoms with Crippen molar-refractivity contribution in [3.05, 3.63) is 66.0 Å². The second-order valence-corrected chi connectivity index (χ2v) is 8.27. The molecule has 0 aliphatic heterocycles. The molecule has 160 valence electrons. The Morgan fingerprint density at radius 2 is 1.61 bits per heavy atom. The number of hydrogen-bond donors (Lipinski definition) is 3. The van der Waals surface area contributed by atoms with Gasteiger partial charge >= 0.3 is 12.1 Å². The van der Waals surface area contributed by atoms with E-state index in [4.69, 9.17) is 0 Å². The molecule has 1 aliphatic rings. The fraction of sp³-hybridized carbons (Fsp3) is 0.261. The van der Waals surface area contributed by atoms with Gasteiger partial charge in [-0.3, -0.25) is 0 Å². The predicted molar refractivity (Wildman–Crippen MR) is 124 cm³/mol. The van der Waals surface area contributed by atoms with Gasteiger partial charge in [0.25, 0.3) is 0 Å². The highest BCUT2D eigenvalue weighted by atomic mass is 32.1. The highest BCUT2D eigenvalue weighted by Gasteiger charge is 2.24. The lowest BCUT2D eigenvalue weighted by Crippen LogP contribution is -2.54. The van der Waals surface area contributed by atoms with E-state index in [1.54, 1.807) is 12.1 Å². The van der Waals surface area contributed by atoms with Gasteiger partial charge in [0.15, 0.2) is 0 Å². The van der Waals surface area contributed by atoms with Crippen molar-refractivity contribution in [1.82, 2.24) is 15.7 Å². The van der Waals surface area contributed by atoms with Gasteiger partial charge in [-0.25, -0.2) is 20.0 Å². The van der Waals surface area contributed by atoms with Crippen molar-refractivity contribution in [3.8, 4) is 11.3 Å². The molecule has 4 rings (SSSR count). The van der Waals surface area contributed by atoms with Gasteiger partial charge < -0.3 is 10.6 Å². The minimum absolute atomic E-state index is 0.129. The van der Waals surface area contributed by atoms with Crippen LogP contribution in [-0.4, -0.2) is 23.1 Å². The third kappa shape index (κ3) is 5.61. The van der Waals surface area contributed by atoms with Crippen molar-refractivity contribution in [2.45, 2.75) is 38.1 Å². The number of rotatable bonds is 4. The number of hydrogen-bond acceptors (Lipinski definition) is 4. The van der Waals surface area contributed by atoms with Gasteiger partial charge in [-0.15, -0.1) is 11.3 Å². The van der Waals surface area contributed by atoms with Crippen LogP contribution in [0.4, 0.5) is 20.4 Å². The molecule has 1 heterocycles. The smallest absolute Gasteiger partial charge is 0.334 e. The summed E-state index contributed by atoms with van der Waals surface area (Å²) in [6.07, 6.45) is 5.33. The minimum Gasteiger partial charge on any atom is -0.334 e. The topological polar surface area (TPSA) is 86.4 Å². The number of carbonyl (C=O) groups excluding carboxylic acids is 2. The van der Waals surface area contributed by atoms with Crippen LogP contribution in [0.2, 0.25) is 0 Å². The number of amides is 4. The average molecular weight is 436 g/mol. The van der Waals surface area contributed by atoms with E-state index in [9.17, 15) is 9.59 Å². The Morgan fingerprint density at radius 3 is 2.32 bits per heavy atom. The highest BCUT2D eigenvalue weighted by Crippen LogP contribution is 2.27. The first-order chi connectivity index (χ1) is 15.2. The highest BCUT2D eigenvalue weighted by molar-refractivity contribution is 7.14. The molecule has 0 atom stereocenters. The Morgan fingerprint density at radius 1 is 0.935 bits per heavy atom. The Kier molecular flexibility index (Phi) is 6.78. The number of benzene rings is 2. The Bertz CT molecular complexity index is 1000. The van der Waals surface area contributed by atoms with Crippen molar-refractivity contribution in [2.75, 3.05) is 10.3 Å². The predicted octanol–water partition coefficient (Wildman–Crippen LogP) is 5.40. The van der Waals surface area contributed by atoms with Crippen molar-refractivity contribution in [1.29, 1.82) is 0 Å². The maximum Gasteiger partial charge on any atom is 0.347 e. The zero-order valence-corrected chi connectivity index (χ0v) is 17.9. The molecular formula is C23H25N5O2S. The van der Waals surface area contributed by atoms with Gasteiger partial charge in [0, 0.05) is 22.7 Å². The number of hydrazine groups is 1. The Labute approximate surface area is 185 Å². The zero-order valence-electron chi connectivity index (χ0n) is 17.1. The van der Waals surface area contributed by atoms with Gasteiger partial charge in [-0.2, -0.15) is 5.01 Å². The molecule has 2 aromatic carbocycles. The monoisotopic (exact) mass is 435 g/mol. The molecule has 0 unspecified atom stereocenters. The first-order valence-electron chi connectivity index (χ1n) is 10.4. The number of nitrogens with one attached hydrogen (secondary N) is 3. The van der Waals surface area contributed by atoms with Crippen molar-refractivity contribution in [3.63, 3.8) is 0 Å². The summed E-state index contributed by atoms with van der Waals surface area (Å²) in [5, 5.41) is 9.21. The SMILES string of the molecule is O=C(NC1CCCCC1)NN(C(=O)Nc1ccccc1)c1nc(-c2ccccc2)cs1. The van der Waals surface area contributed by atoms with Gasteiger partial charge in [0.05, 0.1) is 5.69 Å². The molecular weight excluding hydrogens is 410 g/mol. The molecule has 0 saturated heterocycles. The van der Waals surface area contributed by atoms with Crippen molar-refractivity contribution < 1.29 is 9.59 Å². The second kappa shape index (κ2) is 10.1. The largest absolute Gasteiger partial charge is 0.347 e. The molecule has 4 amide bonds. The number of aromatic nitrogens is 1. The molecule has 1 aliphatic carbocycles. The quantitative estimate of drug-likeness (QED) is 0.480. The first-order valence-corrected chi connectivity index (χ1v) is 11.3. The van der Waals surface area contributed by atoms with Gasteiger partial charge in [-0.05, 0) is 25.0 Å². The average Bonchev–Trinajstić information content (AvgIpc) is 3.29. The summed E-state index contributed by atoms with van der Waals surface area (Å²) in [5.74, 6) is 0. The molecule has 3 N–H and O–H groups in total. The maximum absolute atomic E-state index is 13.0. The molecule has 1 saturated carbocycles. The van der Waals surface area contributed by atoms with Crippen LogP contribution >= 0.6 is 11.3 Å². The number of anilines is 2. The lowest BCUT2D eigenvalue weighted by atomic mass is 9.96. The lowest BCUT2D eigenvalue weighted by Gasteiger charge is -2.26.